The zero-order chi connectivity index (χ0) is 24.9. The normalized spacial score (nSPS) is 15.8. The highest BCUT2D eigenvalue weighted by Crippen LogP contribution is 2.44. The topological polar surface area (TPSA) is 86.9 Å². The molecule has 0 bridgehead atoms. The van der Waals surface area contributed by atoms with Crippen LogP contribution in [0.25, 0.3) is 33.6 Å². The number of rotatable bonds is 9. The lowest BCUT2D eigenvalue weighted by Crippen LogP contribution is -2.35. The first-order valence-electron chi connectivity index (χ1n) is 12.1. The van der Waals surface area contributed by atoms with Crippen LogP contribution < -0.4 is 9.47 Å². The van der Waals surface area contributed by atoms with Gasteiger partial charge in [-0.25, -0.2) is 9.97 Å². The second-order valence-corrected chi connectivity index (χ2v) is 8.69. The largest absolute Gasteiger partial charge is 0.497 e. The van der Waals surface area contributed by atoms with E-state index in [0.29, 0.717) is 30.2 Å². The molecule has 4 aromatic rings. The van der Waals surface area contributed by atoms with Crippen LogP contribution in [0.1, 0.15) is 25.7 Å². The summed E-state index contributed by atoms with van der Waals surface area (Å²) in [7, 11) is 3.06. The number of fused-ring (bicyclic) bond motifs is 1. The van der Waals surface area contributed by atoms with Gasteiger partial charge in [-0.15, -0.1) is 0 Å². The lowest BCUT2D eigenvalue weighted by Gasteiger charge is -2.24. The number of likely N-dealkylation sites (tertiary alicyclic amines) is 1. The number of ether oxygens (including phenoxy) is 3. The molecule has 1 unspecified atom stereocenters. The molecular weight excluding hydrogens is 458 g/mol. The second kappa shape index (κ2) is 10.8. The van der Waals surface area contributed by atoms with Crippen LogP contribution >= 0.6 is 0 Å². The third-order valence-electron chi connectivity index (χ3n) is 6.47. The Balaban J connectivity index is 1.53. The van der Waals surface area contributed by atoms with Crippen LogP contribution in [0.15, 0.2) is 65.3 Å². The van der Waals surface area contributed by atoms with E-state index in [1.807, 2.05) is 54.6 Å². The van der Waals surface area contributed by atoms with Gasteiger partial charge in [-0.05, 0) is 37.0 Å². The fourth-order valence-corrected chi connectivity index (χ4v) is 4.66. The second-order valence-electron chi connectivity index (χ2n) is 8.69. The molecule has 0 spiro atoms. The van der Waals surface area contributed by atoms with Gasteiger partial charge in [0, 0.05) is 30.6 Å². The minimum absolute atomic E-state index is 0.139. The fraction of sp³-hybridized carbons (Fsp3) is 0.321. The number of methoxy groups -OCH3 is 2. The van der Waals surface area contributed by atoms with E-state index >= 15 is 0 Å². The van der Waals surface area contributed by atoms with Gasteiger partial charge in [-0.2, -0.15) is 0 Å². The van der Waals surface area contributed by atoms with Crippen molar-refractivity contribution in [3.05, 3.63) is 60.9 Å². The van der Waals surface area contributed by atoms with Crippen LogP contribution in [0.3, 0.4) is 0 Å². The third-order valence-corrected chi connectivity index (χ3v) is 6.47. The number of carbonyl (C=O) groups is 1. The van der Waals surface area contributed by atoms with Crippen molar-refractivity contribution in [1.82, 2.24) is 14.9 Å². The molecule has 8 heteroatoms. The molecule has 0 saturated carbocycles. The Hall–Kier alpha value is -3.91. The van der Waals surface area contributed by atoms with Gasteiger partial charge in [0.2, 0.25) is 11.6 Å². The minimum Gasteiger partial charge on any atom is -0.497 e. The van der Waals surface area contributed by atoms with E-state index in [0.717, 1.165) is 53.8 Å². The number of nitrogens with zero attached hydrogens (tertiary/aromatic N) is 3. The highest BCUT2D eigenvalue weighted by Gasteiger charge is 2.29. The van der Waals surface area contributed by atoms with E-state index in [-0.39, 0.29) is 12.2 Å². The molecule has 5 rings (SSSR count). The number of esters is 1. The molecule has 186 valence electrons. The number of aromatic nitrogens is 2. The third kappa shape index (κ3) is 4.90. The van der Waals surface area contributed by atoms with Gasteiger partial charge in [-0.3, -0.25) is 9.69 Å². The Morgan fingerprint density at radius 2 is 1.86 bits per heavy atom. The SMILES string of the molecule is COC(=O)CCCN1CCCC1Oc1ncnc2oc(-c3ccccc3)c(-c3ccc(OC)cc3)c12. The predicted octanol–water partition coefficient (Wildman–Crippen LogP) is 5.32. The highest BCUT2D eigenvalue weighted by atomic mass is 16.5. The Labute approximate surface area is 209 Å². The molecule has 2 aromatic carbocycles. The first-order chi connectivity index (χ1) is 17.7. The molecule has 0 radical (unpaired) electrons. The van der Waals surface area contributed by atoms with E-state index in [1.54, 1.807) is 7.11 Å². The first kappa shape index (κ1) is 23.8. The van der Waals surface area contributed by atoms with Gasteiger partial charge < -0.3 is 18.6 Å². The molecule has 8 nitrogen and oxygen atoms in total. The summed E-state index contributed by atoms with van der Waals surface area (Å²) in [6.07, 6.45) is 4.34. The average Bonchev–Trinajstić information content (AvgIpc) is 3.54. The molecule has 3 heterocycles. The maximum atomic E-state index is 11.5. The molecule has 1 atom stereocenters. The summed E-state index contributed by atoms with van der Waals surface area (Å²) < 4.78 is 22.9. The highest BCUT2D eigenvalue weighted by molar-refractivity contribution is 6.03. The summed E-state index contributed by atoms with van der Waals surface area (Å²) in [5.41, 5.74) is 3.25. The zero-order valence-corrected chi connectivity index (χ0v) is 20.5. The fourth-order valence-electron chi connectivity index (χ4n) is 4.66. The zero-order valence-electron chi connectivity index (χ0n) is 20.5. The van der Waals surface area contributed by atoms with Crippen molar-refractivity contribution in [2.24, 2.45) is 0 Å². The van der Waals surface area contributed by atoms with Crippen LogP contribution in [0.5, 0.6) is 11.6 Å². The van der Waals surface area contributed by atoms with Crippen molar-refractivity contribution in [2.45, 2.75) is 31.9 Å². The number of benzene rings is 2. The molecule has 1 aliphatic rings. The average molecular weight is 488 g/mol. The smallest absolute Gasteiger partial charge is 0.305 e. The van der Waals surface area contributed by atoms with Gasteiger partial charge in [0.15, 0.2) is 6.23 Å². The molecule has 1 fully saturated rings. The van der Waals surface area contributed by atoms with Gasteiger partial charge >= 0.3 is 5.97 Å². The van der Waals surface area contributed by atoms with E-state index in [2.05, 4.69) is 14.9 Å². The van der Waals surface area contributed by atoms with Crippen LogP contribution in [0.2, 0.25) is 0 Å². The Morgan fingerprint density at radius 3 is 2.61 bits per heavy atom. The first-order valence-corrected chi connectivity index (χ1v) is 12.1. The Morgan fingerprint density at radius 1 is 1.06 bits per heavy atom. The predicted molar refractivity (Wildman–Crippen MR) is 136 cm³/mol. The van der Waals surface area contributed by atoms with E-state index in [4.69, 9.17) is 18.6 Å². The standard InChI is InChI=1S/C28H29N3O5/c1-33-21-14-12-19(13-15-21)24-25-27(35-22-10-6-16-31(22)17-7-11-23(32)34-2)29-18-30-28(25)36-26(24)20-8-4-3-5-9-20/h3-5,8-9,12-15,18,22H,6-7,10-11,16-17H2,1-2H3. The number of carbonyl (C=O) groups excluding carboxylic acids is 1. The summed E-state index contributed by atoms with van der Waals surface area (Å²) >= 11 is 0. The van der Waals surface area contributed by atoms with Crippen molar-refractivity contribution in [1.29, 1.82) is 0 Å². The van der Waals surface area contributed by atoms with Gasteiger partial charge in [-0.1, -0.05) is 42.5 Å². The molecule has 0 amide bonds. The number of hydrogen-bond acceptors (Lipinski definition) is 8. The van der Waals surface area contributed by atoms with Crippen molar-refractivity contribution in [3.8, 4) is 34.1 Å². The maximum absolute atomic E-state index is 11.5. The van der Waals surface area contributed by atoms with Crippen LogP contribution in [0, 0.1) is 0 Å². The van der Waals surface area contributed by atoms with Crippen LogP contribution in [-0.2, 0) is 9.53 Å². The van der Waals surface area contributed by atoms with Crippen molar-refractivity contribution < 1.29 is 23.4 Å². The van der Waals surface area contributed by atoms with Crippen LogP contribution in [-0.4, -0.2) is 54.4 Å². The summed E-state index contributed by atoms with van der Waals surface area (Å²) in [4.78, 5) is 22.7. The van der Waals surface area contributed by atoms with Gasteiger partial charge in [0.25, 0.3) is 0 Å². The van der Waals surface area contributed by atoms with Crippen molar-refractivity contribution in [2.75, 3.05) is 27.3 Å². The van der Waals surface area contributed by atoms with Gasteiger partial charge in [0.05, 0.1) is 14.2 Å². The molecule has 1 saturated heterocycles. The number of hydrogen-bond donors (Lipinski definition) is 0. The van der Waals surface area contributed by atoms with Crippen molar-refractivity contribution in [3.63, 3.8) is 0 Å². The quantitative estimate of drug-likeness (QED) is 0.293. The lowest BCUT2D eigenvalue weighted by atomic mass is 9.99. The summed E-state index contributed by atoms with van der Waals surface area (Å²) in [6.45, 7) is 1.66. The monoisotopic (exact) mass is 487 g/mol. The molecule has 0 N–H and O–H groups in total. The lowest BCUT2D eigenvalue weighted by molar-refractivity contribution is -0.140. The Kier molecular flexibility index (Phi) is 7.13. The molecule has 1 aliphatic heterocycles. The minimum atomic E-state index is -0.194. The molecular formula is C28H29N3O5. The van der Waals surface area contributed by atoms with E-state index < -0.39 is 0 Å². The summed E-state index contributed by atoms with van der Waals surface area (Å²) in [5, 5.41) is 0.739. The Bertz CT molecular complexity index is 1320. The van der Waals surface area contributed by atoms with E-state index in [9.17, 15) is 4.79 Å². The van der Waals surface area contributed by atoms with Gasteiger partial charge in [0.1, 0.15) is 23.2 Å². The molecule has 36 heavy (non-hydrogen) atoms. The summed E-state index contributed by atoms with van der Waals surface area (Å²) in [5.74, 6) is 1.78. The summed E-state index contributed by atoms with van der Waals surface area (Å²) in [6, 6.07) is 17.8. The maximum Gasteiger partial charge on any atom is 0.305 e. The van der Waals surface area contributed by atoms with Crippen LogP contribution in [0.4, 0.5) is 0 Å². The van der Waals surface area contributed by atoms with Crippen molar-refractivity contribution >= 4 is 17.1 Å². The number of furan rings is 1. The molecule has 0 aliphatic carbocycles. The molecule has 2 aromatic heterocycles. The van der Waals surface area contributed by atoms with E-state index in [1.165, 1.54) is 13.4 Å².